The average molecular weight is 486 g/mol. The molecular weight excluding hydrogens is 450 g/mol. The van der Waals surface area contributed by atoms with E-state index in [9.17, 15) is 4.79 Å². The highest BCUT2D eigenvalue weighted by Crippen LogP contribution is 2.37. The summed E-state index contributed by atoms with van der Waals surface area (Å²) in [4.78, 5) is 18.9. The highest BCUT2D eigenvalue weighted by Gasteiger charge is 2.27. The first-order valence-electron chi connectivity index (χ1n) is 12.2. The third-order valence-electron chi connectivity index (χ3n) is 6.69. The van der Waals surface area contributed by atoms with Crippen LogP contribution in [-0.2, 0) is 24.1 Å². The molecule has 0 atom stereocenters. The number of fused-ring (bicyclic) bond motifs is 1. The van der Waals surface area contributed by atoms with Crippen molar-refractivity contribution in [3.05, 3.63) is 51.4 Å². The Morgan fingerprint density at radius 2 is 1.82 bits per heavy atom. The van der Waals surface area contributed by atoms with Gasteiger partial charge in [0.15, 0.2) is 5.11 Å². The van der Waals surface area contributed by atoms with Gasteiger partial charge in [-0.25, -0.2) is 4.79 Å². The van der Waals surface area contributed by atoms with Crippen LogP contribution in [0, 0.1) is 6.92 Å². The minimum atomic E-state index is -0.219. The zero-order valence-corrected chi connectivity index (χ0v) is 21.5. The smallest absolute Gasteiger partial charge is 0.341 e. The minimum Gasteiger partial charge on any atom is -0.462 e. The summed E-state index contributed by atoms with van der Waals surface area (Å²) in [6.07, 6.45) is 6.79. The molecule has 178 valence electrons. The number of piperazine rings is 1. The molecule has 1 N–H and O–H groups in total. The number of hydrogen-bond acceptors (Lipinski definition) is 5. The van der Waals surface area contributed by atoms with Crippen LogP contribution in [0.4, 0.5) is 5.00 Å². The minimum absolute atomic E-state index is 0.219. The lowest BCUT2D eigenvalue weighted by atomic mass is 9.96. The van der Waals surface area contributed by atoms with Crippen molar-refractivity contribution < 1.29 is 9.53 Å². The van der Waals surface area contributed by atoms with E-state index in [1.165, 1.54) is 40.8 Å². The largest absolute Gasteiger partial charge is 0.462 e. The first-order chi connectivity index (χ1) is 16.1. The van der Waals surface area contributed by atoms with E-state index >= 15 is 0 Å². The molecule has 0 bridgehead atoms. The zero-order chi connectivity index (χ0) is 23.2. The summed E-state index contributed by atoms with van der Waals surface area (Å²) >= 11 is 7.50. The molecule has 2 heterocycles. The van der Waals surface area contributed by atoms with E-state index in [2.05, 4.69) is 46.3 Å². The topological polar surface area (TPSA) is 44.8 Å². The Labute approximate surface area is 207 Å². The van der Waals surface area contributed by atoms with Gasteiger partial charge in [0.2, 0.25) is 0 Å². The van der Waals surface area contributed by atoms with Gasteiger partial charge in [0.1, 0.15) is 5.00 Å². The Morgan fingerprint density at radius 3 is 2.55 bits per heavy atom. The van der Waals surface area contributed by atoms with Crippen molar-refractivity contribution in [1.82, 2.24) is 9.80 Å². The monoisotopic (exact) mass is 485 g/mol. The van der Waals surface area contributed by atoms with Crippen molar-refractivity contribution in [3.63, 3.8) is 0 Å². The molecule has 7 heteroatoms. The summed E-state index contributed by atoms with van der Waals surface area (Å²) in [6, 6.07) is 8.60. The second kappa shape index (κ2) is 11.4. The number of carbonyl (C=O) groups excluding carboxylic acids is 1. The van der Waals surface area contributed by atoms with E-state index in [1.807, 2.05) is 6.92 Å². The number of nitrogens with one attached hydrogen (secondary N) is 1. The molecule has 0 unspecified atom stereocenters. The van der Waals surface area contributed by atoms with Crippen LogP contribution in [0.2, 0.25) is 0 Å². The van der Waals surface area contributed by atoms with E-state index in [0.29, 0.717) is 11.7 Å². The standard InChI is InChI=1S/C26H35N3O2S2/c1-3-31-25(30)23-21-12-6-4-5-7-13-22(21)33-24(23)27-26(32)29-16-14-28(15-17-29)18-20-11-9-8-10-19(20)2/h8-11H,3-7,12-18H2,1-2H3,(H,27,32). The van der Waals surface area contributed by atoms with Crippen LogP contribution in [0.25, 0.3) is 0 Å². The molecule has 2 aromatic rings. The number of carbonyl (C=O) groups is 1. The zero-order valence-electron chi connectivity index (χ0n) is 19.8. The van der Waals surface area contributed by atoms with Crippen LogP contribution in [0.3, 0.4) is 0 Å². The average Bonchev–Trinajstić information content (AvgIpc) is 3.12. The molecule has 1 aromatic heterocycles. The summed E-state index contributed by atoms with van der Waals surface area (Å²) in [5.41, 5.74) is 4.64. The molecule has 1 aliphatic heterocycles. The van der Waals surface area contributed by atoms with E-state index in [1.54, 1.807) is 11.3 Å². The number of ether oxygens (including phenoxy) is 1. The third-order valence-corrected chi connectivity index (χ3v) is 8.25. The first kappa shape index (κ1) is 24.2. The van der Waals surface area contributed by atoms with Gasteiger partial charge in [-0.2, -0.15) is 0 Å². The van der Waals surface area contributed by atoms with Gasteiger partial charge in [-0.15, -0.1) is 11.3 Å². The van der Waals surface area contributed by atoms with Crippen molar-refractivity contribution in [2.75, 3.05) is 38.1 Å². The van der Waals surface area contributed by atoms with Gasteiger partial charge in [-0.1, -0.05) is 37.1 Å². The van der Waals surface area contributed by atoms with Gasteiger partial charge in [0.25, 0.3) is 0 Å². The Kier molecular flexibility index (Phi) is 8.39. The van der Waals surface area contributed by atoms with Crippen molar-refractivity contribution in [3.8, 4) is 0 Å². The van der Waals surface area contributed by atoms with Crippen molar-refractivity contribution >= 4 is 39.6 Å². The van der Waals surface area contributed by atoms with E-state index in [0.717, 1.165) is 62.6 Å². The molecule has 2 aliphatic rings. The fourth-order valence-corrected chi connectivity index (χ4v) is 6.37. The number of rotatable bonds is 5. The molecule has 1 fully saturated rings. The maximum atomic E-state index is 12.9. The Balaban J connectivity index is 1.42. The van der Waals surface area contributed by atoms with Crippen LogP contribution in [0.5, 0.6) is 0 Å². The van der Waals surface area contributed by atoms with Crippen LogP contribution in [0.1, 0.15) is 64.5 Å². The summed E-state index contributed by atoms with van der Waals surface area (Å²) in [6.45, 7) is 9.12. The van der Waals surface area contributed by atoms with Crippen LogP contribution in [0.15, 0.2) is 24.3 Å². The lowest BCUT2D eigenvalue weighted by molar-refractivity contribution is 0.0526. The summed E-state index contributed by atoms with van der Waals surface area (Å²) in [7, 11) is 0. The number of nitrogens with zero attached hydrogens (tertiary/aromatic N) is 2. The molecule has 4 rings (SSSR count). The molecule has 0 radical (unpaired) electrons. The van der Waals surface area contributed by atoms with Crippen molar-refractivity contribution in [2.45, 2.75) is 58.9 Å². The third kappa shape index (κ3) is 5.94. The highest BCUT2D eigenvalue weighted by molar-refractivity contribution is 7.80. The molecule has 0 spiro atoms. The van der Waals surface area contributed by atoms with Gasteiger partial charge >= 0.3 is 5.97 Å². The van der Waals surface area contributed by atoms with Gasteiger partial charge in [0.05, 0.1) is 12.2 Å². The summed E-state index contributed by atoms with van der Waals surface area (Å²) in [5.74, 6) is -0.219. The second-order valence-corrected chi connectivity index (χ2v) is 10.5. The molecule has 5 nitrogen and oxygen atoms in total. The second-order valence-electron chi connectivity index (χ2n) is 8.96. The summed E-state index contributed by atoms with van der Waals surface area (Å²) < 4.78 is 5.44. The van der Waals surface area contributed by atoms with E-state index in [-0.39, 0.29) is 5.97 Å². The van der Waals surface area contributed by atoms with E-state index < -0.39 is 0 Å². The number of esters is 1. The molecule has 1 saturated heterocycles. The maximum absolute atomic E-state index is 12.9. The van der Waals surface area contributed by atoms with Crippen LogP contribution < -0.4 is 5.32 Å². The van der Waals surface area contributed by atoms with Gasteiger partial charge < -0.3 is 15.0 Å². The van der Waals surface area contributed by atoms with Gasteiger partial charge in [-0.05, 0) is 68.4 Å². The Morgan fingerprint density at radius 1 is 1.09 bits per heavy atom. The highest BCUT2D eigenvalue weighted by atomic mass is 32.1. The van der Waals surface area contributed by atoms with Gasteiger partial charge in [-0.3, -0.25) is 4.90 Å². The van der Waals surface area contributed by atoms with Crippen molar-refractivity contribution in [2.24, 2.45) is 0 Å². The van der Waals surface area contributed by atoms with Gasteiger partial charge in [0, 0.05) is 37.6 Å². The Bertz CT molecular complexity index is 980. The number of thiocarbonyl (C=S) groups is 1. The first-order valence-corrected chi connectivity index (χ1v) is 13.4. The molecule has 0 saturated carbocycles. The lowest BCUT2D eigenvalue weighted by Gasteiger charge is -2.36. The molecule has 0 amide bonds. The molecule has 1 aromatic carbocycles. The molecule has 33 heavy (non-hydrogen) atoms. The SMILES string of the molecule is CCOC(=O)c1c(NC(=S)N2CCN(Cc3ccccc3C)CC2)sc2c1CCCCCC2. The molecule has 1 aliphatic carbocycles. The van der Waals surface area contributed by atoms with Crippen molar-refractivity contribution in [1.29, 1.82) is 0 Å². The fourth-order valence-electron chi connectivity index (χ4n) is 4.74. The maximum Gasteiger partial charge on any atom is 0.341 e. The number of aryl methyl sites for hydroxylation is 2. The summed E-state index contributed by atoms with van der Waals surface area (Å²) in [5, 5.41) is 5.03. The molecular formula is C26H35N3O2S2. The quantitative estimate of drug-likeness (QED) is 0.451. The van der Waals surface area contributed by atoms with Crippen LogP contribution in [-0.4, -0.2) is 53.7 Å². The number of anilines is 1. The van der Waals surface area contributed by atoms with Crippen LogP contribution >= 0.6 is 23.6 Å². The number of thiophene rings is 1. The normalized spacial score (nSPS) is 17.1. The predicted octanol–water partition coefficient (Wildman–Crippen LogP) is 5.41. The fraction of sp³-hybridized carbons (Fsp3) is 0.538. The van der Waals surface area contributed by atoms with E-state index in [4.69, 9.17) is 17.0 Å². The number of benzene rings is 1. The number of hydrogen-bond donors (Lipinski definition) is 1. The Hall–Kier alpha value is -1.96. The predicted molar refractivity (Wildman–Crippen MR) is 140 cm³/mol. The lowest BCUT2D eigenvalue weighted by Crippen LogP contribution is -2.49.